The Kier molecular flexibility index (Phi) is 5.68. The van der Waals surface area contributed by atoms with E-state index in [0.717, 1.165) is 12.0 Å². The molecule has 5 heteroatoms. The van der Waals surface area contributed by atoms with Crippen LogP contribution in [0, 0.1) is 13.8 Å². The van der Waals surface area contributed by atoms with Gasteiger partial charge in [-0.25, -0.2) is 9.97 Å². The van der Waals surface area contributed by atoms with Gasteiger partial charge in [0.1, 0.15) is 17.3 Å². The molecule has 2 rings (SSSR count). The van der Waals surface area contributed by atoms with Gasteiger partial charge in [0.05, 0.1) is 0 Å². The Labute approximate surface area is 137 Å². The number of aromatic nitrogens is 2. The van der Waals surface area contributed by atoms with Gasteiger partial charge in [-0.05, 0) is 32.8 Å². The first-order valence-electron chi connectivity index (χ1n) is 7.94. The molecule has 122 valence electrons. The molecule has 1 unspecified atom stereocenters. The average Bonchev–Trinajstić information content (AvgIpc) is 2.52. The first kappa shape index (κ1) is 16.9. The number of carbonyl (C=O) groups is 1. The molecule has 1 amide bonds. The predicted molar refractivity (Wildman–Crippen MR) is 92.5 cm³/mol. The van der Waals surface area contributed by atoms with Crippen LogP contribution in [-0.4, -0.2) is 21.9 Å². The third-order valence-corrected chi connectivity index (χ3v) is 3.61. The second-order valence-corrected chi connectivity index (χ2v) is 5.81. The van der Waals surface area contributed by atoms with E-state index in [-0.39, 0.29) is 5.91 Å². The molecule has 0 bridgehead atoms. The van der Waals surface area contributed by atoms with Gasteiger partial charge in [-0.2, -0.15) is 0 Å². The van der Waals surface area contributed by atoms with Crippen LogP contribution in [-0.2, 0) is 6.54 Å². The number of hydrogen-bond donors (Lipinski definition) is 2. The molecule has 0 spiro atoms. The van der Waals surface area contributed by atoms with E-state index in [1.165, 1.54) is 5.56 Å². The Morgan fingerprint density at radius 1 is 1.22 bits per heavy atom. The fourth-order valence-corrected chi connectivity index (χ4v) is 2.21. The van der Waals surface area contributed by atoms with Crippen LogP contribution in [0.1, 0.15) is 47.7 Å². The number of hydrogen-bond acceptors (Lipinski definition) is 4. The van der Waals surface area contributed by atoms with Gasteiger partial charge in [0.25, 0.3) is 5.91 Å². The van der Waals surface area contributed by atoms with Gasteiger partial charge in [0.2, 0.25) is 0 Å². The van der Waals surface area contributed by atoms with Crippen LogP contribution in [0.3, 0.4) is 0 Å². The van der Waals surface area contributed by atoms with Crippen LogP contribution in [0.2, 0.25) is 0 Å². The average molecular weight is 312 g/mol. The molecule has 1 aromatic heterocycles. The Bertz CT molecular complexity index is 684. The summed E-state index contributed by atoms with van der Waals surface area (Å²) in [4.78, 5) is 20.9. The molecule has 0 fully saturated rings. The zero-order chi connectivity index (χ0) is 16.8. The first-order valence-corrected chi connectivity index (χ1v) is 7.94. The van der Waals surface area contributed by atoms with E-state index < -0.39 is 0 Å². The molecule has 0 aliphatic rings. The monoisotopic (exact) mass is 312 g/mol. The number of nitrogens with zero attached hydrogens (tertiary/aromatic N) is 2. The minimum absolute atomic E-state index is 0.191. The molecular weight excluding hydrogens is 288 g/mol. The lowest BCUT2D eigenvalue weighted by atomic mass is 10.1. The third kappa shape index (κ3) is 5.06. The Hall–Kier alpha value is -2.43. The van der Waals surface area contributed by atoms with Crippen LogP contribution in [0.5, 0.6) is 0 Å². The van der Waals surface area contributed by atoms with E-state index in [1.54, 1.807) is 13.0 Å². The number of amides is 1. The summed E-state index contributed by atoms with van der Waals surface area (Å²) >= 11 is 0. The smallest absolute Gasteiger partial charge is 0.270 e. The van der Waals surface area contributed by atoms with E-state index >= 15 is 0 Å². The minimum Gasteiger partial charge on any atom is -0.368 e. The number of benzene rings is 1. The molecule has 1 heterocycles. The normalized spacial score (nSPS) is 11.8. The number of aryl methyl sites for hydroxylation is 2. The lowest BCUT2D eigenvalue weighted by Crippen LogP contribution is -2.25. The van der Waals surface area contributed by atoms with Crippen LogP contribution >= 0.6 is 0 Å². The van der Waals surface area contributed by atoms with Crippen molar-refractivity contribution in [1.82, 2.24) is 15.3 Å². The number of rotatable bonds is 6. The maximum absolute atomic E-state index is 12.3. The van der Waals surface area contributed by atoms with E-state index in [9.17, 15) is 4.79 Å². The van der Waals surface area contributed by atoms with Crippen molar-refractivity contribution in [3.8, 4) is 0 Å². The van der Waals surface area contributed by atoms with Crippen LogP contribution in [0.4, 0.5) is 5.82 Å². The lowest BCUT2D eigenvalue weighted by Gasteiger charge is -2.13. The molecule has 1 atom stereocenters. The molecule has 0 aliphatic carbocycles. The highest BCUT2D eigenvalue weighted by atomic mass is 16.1. The van der Waals surface area contributed by atoms with Gasteiger partial charge in [0, 0.05) is 18.7 Å². The van der Waals surface area contributed by atoms with Crippen molar-refractivity contribution >= 4 is 11.7 Å². The summed E-state index contributed by atoms with van der Waals surface area (Å²) < 4.78 is 0. The van der Waals surface area contributed by atoms with Crippen molar-refractivity contribution in [3.63, 3.8) is 0 Å². The highest BCUT2D eigenvalue weighted by Gasteiger charge is 2.11. The van der Waals surface area contributed by atoms with Gasteiger partial charge in [-0.1, -0.05) is 36.8 Å². The van der Waals surface area contributed by atoms with Crippen molar-refractivity contribution in [2.75, 3.05) is 5.32 Å². The highest BCUT2D eigenvalue weighted by molar-refractivity contribution is 5.92. The van der Waals surface area contributed by atoms with E-state index in [4.69, 9.17) is 0 Å². The summed E-state index contributed by atoms with van der Waals surface area (Å²) in [6.45, 7) is 8.48. The van der Waals surface area contributed by atoms with Crippen molar-refractivity contribution in [2.24, 2.45) is 0 Å². The van der Waals surface area contributed by atoms with Gasteiger partial charge in [-0.15, -0.1) is 0 Å². The lowest BCUT2D eigenvalue weighted by molar-refractivity contribution is 0.0945. The fourth-order valence-electron chi connectivity index (χ4n) is 2.21. The maximum atomic E-state index is 12.3. The molecule has 0 saturated heterocycles. The summed E-state index contributed by atoms with van der Waals surface area (Å²) in [5.74, 6) is 1.08. The number of carbonyl (C=O) groups excluding carboxylic acids is 1. The number of nitrogens with one attached hydrogen (secondary N) is 2. The molecule has 23 heavy (non-hydrogen) atoms. The van der Waals surface area contributed by atoms with E-state index in [2.05, 4.69) is 40.5 Å². The van der Waals surface area contributed by atoms with Gasteiger partial charge in [-0.3, -0.25) is 4.79 Å². The standard InChI is InChI=1S/C18H24N4O/c1-5-13(3)20-17-10-16(21-14(4)22-17)18(23)19-11-15-8-6-7-12(2)9-15/h6-10,13H,5,11H2,1-4H3,(H,19,23)(H,20,21,22). The summed E-state index contributed by atoms with van der Waals surface area (Å²) in [6.07, 6.45) is 0.984. The van der Waals surface area contributed by atoms with Gasteiger partial charge in [0.15, 0.2) is 0 Å². The van der Waals surface area contributed by atoms with E-state index in [0.29, 0.717) is 29.9 Å². The second kappa shape index (κ2) is 7.72. The SMILES string of the molecule is CCC(C)Nc1cc(C(=O)NCc2cccc(C)c2)nc(C)n1. The van der Waals surface area contributed by atoms with Crippen LogP contribution in [0.25, 0.3) is 0 Å². The summed E-state index contributed by atoms with van der Waals surface area (Å²) in [7, 11) is 0. The van der Waals surface area contributed by atoms with Gasteiger partial charge < -0.3 is 10.6 Å². The molecule has 0 radical (unpaired) electrons. The van der Waals surface area contributed by atoms with Crippen molar-refractivity contribution in [3.05, 3.63) is 53.0 Å². The van der Waals surface area contributed by atoms with E-state index in [1.807, 2.05) is 25.1 Å². The quantitative estimate of drug-likeness (QED) is 0.859. The molecule has 0 aliphatic heterocycles. The Balaban J connectivity index is 2.06. The summed E-state index contributed by atoms with van der Waals surface area (Å²) in [6, 6.07) is 10.1. The zero-order valence-electron chi connectivity index (χ0n) is 14.2. The topological polar surface area (TPSA) is 66.9 Å². The van der Waals surface area contributed by atoms with Crippen LogP contribution < -0.4 is 10.6 Å². The second-order valence-electron chi connectivity index (χ2n) is 5.81. The number of anilines is 1. The molecule has 2 aromatic rings. The first-order chi connectivity index (χ1) is 11.0. The highest BCUT2D eigenvalue weighted by Crippen LogP contribution is 2.10. The molecule has 1 aromatic carbocycles. The minimum atomic E-state index is -0.191. The van der Waals surface area contributed by atoms with Gasteiger partial charge >= 0.3 is 0 Å². The van der Waals surface area contributed by atoms with Crippen LogP contribution in [0.15, 0.2) is 30.3 Å². The van der Waals surface area contributed by atoms with Crippen molar-refractivity contribution < 1.29 is 4.79 Å². The Morgan fingerprint density at radius 2 is 2.00 bits per heavy atom. The predicted octanol–water partition coefficient (Wildman–Crippen LogP) is 3.23. The zero-order valence-corrected chi connectivity index (χ0v) is 14.2. The molecule has 0 saturated carbocycles. The van der Waals surface area contributed by atoms with Crippen molar-refractivity contribution in [1.29, 1.82) is 0 Å². The van der Waals surface area contributed by atoms with Crippen molar-refractivity contribution in [2.45, 2.75) is 46.7 Å². The fraction of sp³-hybridized carbons (Fsp3) is 0.389. The summed E-state index contributed by atoms with van der Waals surface area (Å²) in [5.41, 5.74) is 2.63. The largest absolute Gasteiger partial charge is 0.368 e. The maximum Gasteiger partial charge on any atom is 0.270 e. The summed E-state index contributed by atoms with van der Waals surface area (Å²) in [5, 5.41) is 6.19. The Morgan fingerprint density at radius 3 is 2.70 bits per heavy atom. The molecule has 5 nitrogen and oxygen atoms in total. The third-order valence-electron chi connectivity index (χ3n) is 3.61. The molecular formula is C18H24N4O. The molecule has 2 N–H and O–H groups in total.